The summed E-state index contributed by atoms with van der Waals surface area (Å²) in [7, 11) is 3.19. The van der Waals surface area contributed by atoms with E-state index in [9.17, 15) is 9.59 Å². The highest BCUT2D eigenvalue weighted by Gasteiger charge is 2.26. The Labute approximate surface area is 223 Å². The normalized spacial score (nSPS) is 11.6. The molecule has 37 heavy (non-hydrogen) atoms. The number of rotatable bonds is 12. The highest BCUT2D eigenvalue weighted by molar-refractivity contribution is 6.30. The lowest BCUT2D eigenvalue weighted by molar-refractivity contribution is -0.133. The fraction of sp³-hybridized carbons (Fsp3) is 0.379. The number of halogens is 1. The summed E-state index contributed by atoms with van der Waals surface area (Å²) in [6.45, 7) is 6.53. The Morgan fingerprint density at radius 2 is 1.70 bits per heavy atom. The summed E-state index contributed by atoms with van der Waals surface area (Å²) in [5, 5.41) is 0.554. The number of hydrogen-bond acceptors (Lipinski definition) is 5. The number of carbonyl (C=O) groups excluding carboxylic acids is 2. The molecule has 0 bridgehead atoms. The summed E-state index contributed by atoms with van der Waals surface area (Å²) in [4.78, 5) is 30.4. The van der Waals surface area contributed by atoms with Gasteiger partial charge in [0, 0.05) is 23.2 Å². The third-order valence-corrected chi connectivity index (χ3v) is 6.65. The minimum atomic E-state index is -0.201. The van der Waals surface area contributed by atoms with Crippen molar-refractivity contribution in [1.29, 1.82) is 0 Å². The van der Waals surface area contributed by atoms with Gasteiger partial charge in [0.2, 0.25) is 5.91 Å². The standard InChI is InChI=1S/C29H35ClN2O5/c1-6-20(2)32(29(34)23-9-11-24(30)12-10-23)19-28(33)31(18-25-13-7-21(3)37-25)16-15-22-8-14-26(35-4)27(17-22)36-5/h7-14,17,20H,6,15-16,18-19H2,1-5H3/t20-/m0/s1. The Morgan fingerprint density at radius 1 is 1.00 bits per heavy atom. The first kappa shape index (κ1) is 28.1. The number of nitrogens with zero attached hydrogens (tertiary/aromatic N) is 2. The molecule has 0 aliphatic heterocycles. The van der Waals surface area contributed by atoms with Gasteiger partial charge in [-0.1, -0.05) is 24.6 Å². The van der Waals surface area contributed by atoms with Crippen molar-refractivity contribution in [2.45, 2.75) is 46.2 Å². The number of aryl methyl sites for hydroxylation is 1. The van der Waals surface area contributed by atoms with Crippen molar-refractivity contribution >= 4 is 23.4 Å². The Hall–Kier alpha value is -3.45. The minimum absolute atomic E-state index is 0.0396. The van der Waals surface area contributed by atoms with E-state index in [2.05, 4.69) is 0 Å². The molecule has 0 unspecified atom stereocenters. The van der Waals surface area contributed by atoms with Gasteiger partial charge < -0.3 is 23.7 Å². The molecule has 1 heterocycles. The zero-order valence-corrected chi connectivity index (χ0v) is 22.9. The predicted octanol–water partition coefficient (Wildman–Crippen LogP) is 5.77. The van der Waals surface area contributed by atoms with Crippen molar-refractivity contribution in [2.75, 3.05) is 27.3 Å². The van der Waals surface area contributed by atoms with E-state index in [1.807, 2.05) is 51.1 Å². The van der Waals surface area contributed by atoms with Crippen LogP contribution in [0.25, 0.3) is 0 Å². The second kappa shape index (κ2) is 13.2. The molecule has 8 heteroatoms. The van der Waals surface area contributed by atoms with Gasteiger partial charge in [0.15, 0.2) is 11.5 Å². The van der Waals surface area contributed by atoms with Crippen LogP contribution in [0.2, 0.25) is 5.02 Å². The van der Waals surface area contributed by atoms with Crippen molar-refractivity contribution in [1.82, 2.24) is 9.80 Å². The highest BCUT2D eigenvalue weighted by atomic mass is 35.5. The van der Waals surface area contributed by atoms with Gasteiger partial charge in [-0.15, -0.1) is 0 Å². The Bertz CT molecular complexity index is 1190. The molecule has 3 aromatic rings. The number of hydrogen-bond donors (Lipinski definition) is 0. The first-order valence-corrected chi connectivity index (χ1v) is 12.7. The Balaban J connectivity index is 1.81. The largest absolute Gasteiger partial charge is 0.493 e. The van der Waals surface area contributed by atoms with Crippen LogP contribution in [-0.4, -0.2) is 55.0 Å². The number of amides is 2. The first-order valence-electron chi connectivity index (χ1n) is 12.4. The molecule has 0 N–H and O–H groups in total. The van der Waals surface area contributed by atoms with Crippen LogP contribution in [0.1, 0.15) is 47.7 Å². The first-order chi connectivity index (χ1) is 17.7. The molecule has 0 aliphatic rings. The zero-order chi connectivity index (χ0) is 26.9. The zero-order valence-electron chi connectivity index (χ0n) is 22.1. The number of furan rings is 1. The summed E-state index contributed by atoms with van der Waals surface area (Å²) >= 11 is 6.00. The molecule has 0 radical (unpaired) electrons. The third kappa shape index (κ3) is 7.52. The molecule has 0 saturated heterocycles. The van der Waals surface area contributed by atoms with Crippen molar-refractivity contribution in [3.05, 3.63) is 82.3 Å². The Morgan fingerprint density at radius 3 is 2.30 bits per heavy atom. The van der Waals surface area contributed by atoms with Crippen LogP contribution in [0.4, 0.5) is 0 Å². The van der Waals surface area contributed by atoms with Crippen LogP contribution in [0, 0.1) is 6.92 Å². The van der Waals surface area contributed by atoms with E-state index >= 15 is 0 Å². The summed E-state index contributed by atoms with van der Waals surface area (Å²) < 4.78 is 16.5. The molecule has 1 atom stereocenters. The van der Waals surface area contributed by atoms with Gasteiger partial charge in [-0.3, -0.25) is 9.59 Å². The fourth-order valence-electron chi connectivity index (χ4n) is 4.00. The maximum atomic E-state index is 13.6. The number of ether oxygens (including phenoxy) is 2. The second-order valence-corrected chi connectivity index (χ2v) is 9.40. The van der Waals surface area contributed by atoms with Crippen LogP contribution in [0.3, 0.4) is 0 Å². The molecular weight excluding hydrogens is 492 g/mol. The highest BCUT2D eigenvalue weighted by Crippen LogP contribution is 2.28. The van der Waals surface area contributed by atoms with Gasteiger partial charge in [-0.25, -0.2) is 0 Å². The van der Waals surface area contributed by atoms with Crippen LogP contribution >= 0.6 is 11.6 Å². The van der Waals surface area contributed by atoms with E-state index in [-0.39, 0.29) is 24.4 Å². The lowest BCUT2D eigenvalue weighted by atomic mass is 10.1. The third-order valence-electron chi connectivity index (χ3n) is 6.39. The summed E-state index contributed by atoms with van der Waals surface area (Å²) in [5.41, 5.74) is 1.50. The Kier molecular flexibility index (Phi) is 10.0. The maximum Gasteiger partial charge on any atom is 0.254 e. The molecule has 7 nitrogen and oxygen atoms in total. The molecule has 2 amide bonds. The SMILES string of the molecule is CC[C@H](C)N(CC(=O)N(CCc1ccc(OC)c(OC)c1)Cc1ccc(C)o1)C(=O)c1ccc(Cl)cc1. The smallest absolute Gasteiger partial charge is 0.254 e. The average Bonchev–Trinajstić information content (AvgIpc) is 3.33. The fourth-order valence-corrected chi connectivity index (χ4v) is 4.13. The molecule has 0 fully saturated rings. The molecule has 198 valence electrons. The van der Waals surface area contributed by atoms with Crippen molar-refractivity contribution in [3.8, 4) is 11.5 Å². The van der Waals surface area contributed by atoms with E-state index in [4.69, 9.17) is 25.5 Å². The lowest BCUT2D eigenvalue weighted by Crippen LogP contribution is -2.46. The van der Waals surface area contributed by atoms with Crippen LogP contribution < -0.4 is 9.47 Å². The van der Waals surface area contributed by atoms with Gasteiger partial charge in [0.05, 0.1) is 20.8 Å². The van der Waals surface area contributed by atoms with Crippen molar-refractivity contribution < 1.29 is 23.5 Å². The van der Waals surface area contributed by atoms with Crippen molar-refractivity contribution in [3.63, 3.8) is 0 Å². The van der Waals surface area contributed by atoms with Gasteiger partial charge in [0.1, 0.15) is 18.1 Å². The molecule has 0 saturated carbocycles. The second-order valence-electron chi connectivity index (χ2n) is 8.96. The van der Waals surface area contributed by atoms with Crippen LogP contribution in [-0.2, 0) is 17.8 Å². The van der Waals surface area contributed by atoms with Crippen LogP contribution in [0.5, 0.6) is 11.5 Å². The number of carbonyl (C=O) groups is 2. The molecular formula is C29H35ClN2O5. The van der Waals surface area contributed by atoms with Gasteiger partial charge in [-0.2, -0.15) is 0 Å². The lowest BCUT2D eigenvalue weighted by Gasteiger charge is -2.31. The van der Waals surface area contributed by atoms with Gasteiger partial charge >= 0.3 is 0 Å². The molecule has 1 aromatic heterocycles. The predicted molar refractivity (Wildman–Crippen MR) is 144 cm³/mol. The minimum Gasteiger partial charge on any atom is -0.493 e. The van der Waals surface area contributed by atoms with E-state index in [1.165, 1.54) is 0 Å². The van der Waals surface area contributed by atoms with E-state index in [1.54, 1.807) is 48.3 Å². The molecule has 3 rings (SSSR count). The molecule has 2 aromatic carbocycles. The maximum absolute atomic E-state index is 13.6. The summed E-state index contributed by atoms with van der Waals surface area (Å²) in [5.74, 6) is 2.40. The summed E-state index contributed by atoms with van der Waals surface area (Å²) in [6, 6.07) is 16.1. The summed E-state index contributed by atoms with van der Waals surface area (Å²) in [6.07, 6.45) is 1.32. The quantitative estimate of drug-likeness (QED) is 0.299. The molecule has 0 spiro atoms. The van der Waals surface area contributed by atoms with Crippen LogP contribution in [0.15, 0.2) is 59.0 Å². The average molecular weight is 527 g/mol. The van der Waals surface area contributed by atoms with E-state index in [0.29, 0.717) is 47.4 Å². The molecule has 0 aliphatic carbocycles. The topological polar surface area (TPSA) is 72.2 Å². The van der Waals surface area contributed by atoms with Gasteiger partial charge in [-0.05, 0) is 80.8 Å². The monoisotopic (exact) mass is 526 g/mol. The van der Waals surface area contributed by atoms with E-state index in [0.717, 1.165) is 17.7 Å². The van der Waals surface area contributed by atoms with E-state index < -0.39 is 0 Å². The number of benzene rings is 2. The van der Waals surface area contributed by atoms with Gasteiger partial charge in [0.25, 0.3) is 5.91 Å². The number of methoxy groups -OCH3 is 2. The van der Waals surface area contributed by atoms with Crippen molar-refractivity contribution in [2.24, 2.45) is 0 Å².